The molecule has 0 unspecified atom stereocenters. The molecule has 29 heavy (non-hydrogen) atoms. The lowest BCUT2D eigenvalue weighted by Gasteiger charge is -2.14. The van der Waals surface area contributed by atoms with E-state index in [1.807, 2.05) is 18.2 Å². The first-order valence-corrected chi connectivity index (χ1v) is 8.81. The summed E-state index contributed by atoms with van der Waals surface area (Å²) in [5.41, 5.74) is 2.79. The van der Waals surface area contributed by atoms with Gasteiger partial charge in [0, 0.05) is 41.2 Å². The Hall–Kier alpha value is -3.74. The molecule has 0 aliphatic carbocycles. The Kier molecular flexibility index (Phi) is 6.19. The first-order chi connectivity index (χ1) is 14.1. The molecule has 7 nitrogen and oxygen atoms in total. The third-order valence-corrected chi connectivity index (χ3v) is 4.33. The van der Waals surface area contributed by atoms with Crippen LogP contribution < -0.4 is 24.3 Å². The van der Waals surface area contributed by atoms with Gasteiger partial charge >= 0.3 is 0 Å². The number of aromatic nitrogens is 1. The van der Waals surface area contributed by atoms with E-state index in [0.717, 1.165) is 11.1 Å². The lowest BCUT2D eigenvalue weighted by Crippen LogP contribution is -2.12. The van der Waals surface area contributed by atoms with Crippen molar-refractivity contribution in [1.82, 2.24) is 4.98 Å². The van der Waals surface area contributed by atoms with Gasteiger partial charge in [-0.05, 0) is 23.8 Å². The number of carbonyl (C=O) groups is 1. The Morgan fingerprint density at radius 3 is 2.10 bits per heavy atom. The van der Waals surface area contributed by atoms with Crippen LogP contribution in [-0.4, -0.2) is 39.3 Å². The average molecular weight is 394 g/mol. The highest BCUT2D eigenvalue weighted by Gasteiger charge is 2.15. The monoisotopic (exact) mass is 394 g/mol. The molecule has 0 atom stereocenters. The summed E-state index contributed by atoms with van der Waals surface area (Å²) in [7, 11) is 6.14. The van der Waals surface area contributed by atoms with Crippen molar-refractivity contribution in [2.45, 2.75) is 0 Å². The minimum absolute atomic E-state index is 0.261. The van der Waals surface area contributed by atoms with Crippen molar-refractivity contribution < 1.29 is 23.7 Å². The number of nitrogens with zero attached hydrogens (tertiary/aromatic N) is 1. The number of pyridine rings is 1. The summed E-state index contributed by atoms with van der Waals surface area (Å²) >= 11 is 0. The highest BCUT2D eigenvalue weighted by atomic mass is 16.5. The fourth-order valence-electron chi connectivity index (χ4n) is 2.87. The molecule has 0 spiro atoms. The highest BCUT2D eigenvalue weighted by molar-refractivity contribution is 6.05. The van der Waals surface area contributed by atoms with Gasteiger partial charge in [0.05, 0.1) is 28.4 Å². The molecular weight excluding hydrogens is 372 g/mol. The molecule has 150 valence electrons. The number of amides is 1. The summed E-state index contributed by atoms with van der Waals surface area (Å²) in [5, 5.41) is 2.87. The van der Waals surface area contributed by atoms with Gasteiger partial charge < -0.3 is 24.3 Å². The number of ether oxygens (including phenoxy) is 4. The molecule has 0 bridgehead atoms. The third-order valence-electron chi connectivity index (χ3n) is 4.33. The lowest BCUT2D eigenvalue weighted by molar-refractivity contribution is 0.102. The van der Waals surface area contributed by atoms with Gasteiger partial charge in [-0.15, -0.1) is 0 Å². The molecule has 2 aromatic carbocycles. The summed E-state index contributed by atoms with van der Waals surface area (Å²) in [4.78, 5) is 17.0. The van der Waals surface area contributed by atoms with Crippen LogP contribution in [0.1, 0.15) is 10.4 Å². The van der Waals surface area contributed by atoms with Crippen LogP contribution in [0.4, 0.5) is 5.69 Å². The zero-order valence-corrected chi connectivity index (χ0v) is 16.7. The summed E-state index contributed by atoms with van der Waals surface area (Å²) in [6.07, 6.45) is 1.70. The van der Waals surface area contributed by atoms with Crippen molar-refractivity contribution in [3.05, 3.63) is 60.3 Å². The Morgan fingerprint density at radius 2 is 1.55 bits per heavy atom. The average Bonchev–Trinajstić information content (AvgIpc) is 2.78. The SMILES string of the molecule is COc1ccc(-c2cccc(C(=O)Nc3cc(OC)c(OC)c(OC)c3)c2)cn1. The number of anilines is 1. The fourth-order valence-corrected chi connectivity index (χ4v) is 2.87. The van der Waals surface area contributed by atoms with E-state index in [1.165, 1.54) is 21.3 Å². The van der Waals surface area contributed by atoms with Gasteiger partial charge in [0.25, 0.3) is 5.91 Å². The maximum atomic E-state index is 12.8. The van der Waals surface area contributed by atoms with Gasteiger partial charge in [-0.2, -0.15) is 0 Å². The fraction of sp³-hybridized carbons (Fsp3) is 0.182. The second kappa shape index (κ2) is 8.97. The van der Waals surface area contributed by atoms with Gasteiger partial charge in [-0.25, -0.2) is 4.98 Å². The van der Waals surface area contributed by atoms with E-state index in [2.05, 4.69) is 10.3 Å². The van der Waals surface area contributed by atoms with E-state index in [-0.39, 0.29) is 5.91 Å². The van der Waals surface area contributed by atoms with Gasteiger partial charge in [0.1, 0.15) is 0 Å². The molecular formula is C22H22N2O5. The molecule has 1 amide bonds. The highest BCUT2D eigenvalue weighted by Crippen LogP contribution is 2.40. The number of benzene rings is 2. The molecule has 0 radical (unpaired) electrons. The van der Waals surface area contributed by atoms with Crippen molar-refractivity contribution in [1.29, 1.82) is 0 Å². The zero-order valence-electron chi connectivity index (χ0n) is 16.7. The van der Waals surface area contributed by atoms with Crippen LogP contribution >= 0.6 is 0 Å². The van der Waals surface area contributed by atoms with Crippen LogP contribution in [0.2, 0.25) is 0 Å². The van der Waals surface area contributed by atoms with E-state index in [4.69, 9.17) is 18.9 Å². The van der Waals surface area contributed by atoms with Gasteiger partial charge in [-0.1, -0.05) is 12.1 Å². The van der Waals surface area contributed by atoms with E-state index in [1.54, 1.807) is 43.6 Å². The summed E-state index contributed by atoms with van der Waals surface area (Å²) < 4.78 is 21.0. The van der Waals surface area contributed by atoms with Crippen molar-refractivity contribution in [3.63, 3.8) is 0 Å². The molecule has 0 aliphatic heterocycles. The van der Waals surface area contributed by atoms with Crippen molar-refractivity contribution in [2.75, 3.05) is 33.8 Å². The van der Waals surface area contributed by atoms with Crippen LogP contribution in [-0.2, 0) is 0 Å². The number of hydrogen-bond donors (Lipinski definition) is 1. The number of rotatable bonds is 7. The molecule has 1 N–H and O–H groups in total. The van der Waals surface area contributed by atoms with Crippen LogP contribution in [0.25, 0.3) is 11.1 Å². The Morgan fingerprint density at radius 1 is 0.828 bits per heavy atom. The molecule has 0 saturated carbocycles. The van der Waals surface area contributed by atoms with E-state index < -0.39 is 0 Å². The smallest absolute Gasteiger partial charge is 0.255 e. The molecule has 0 fully saturated rings. The number of nitrogens with one attached hydrogen (secondary N) is 1. The van der Waals surface area contributed by atoms with Gasteiger partial charge in [0.15, 0.2) is 11.5 Å². The minimum atomic E-state index is -0.261. The lowest BCUT2D eigenvalue weighted by atomic mass is 10.0. The first kappa shape index (κ1) is 20.0. The third kappa shape index (κ3) is 4.40. The quantitative estimate of drug-likeness (QED) is 0.652. The Bertz CT molecular complexity index is 977. The Balaban J connectivity index is 1.86. The van der Waals surface area contributed by atoms with E-state index in [0.29, 0.717) is 34.4 Å². The first-order valence-electron chi connectivity index (χ1n) is 8.81. The van der Waals surface area contributed by atoms with Crippen LogP contribution in [0.15, 0.2) is 54.7 Å². The van der Waals surface area contributed by atoms with Crippen LogP contribution in [0.5, 0.6) is 23.1 Å². The molecule has 1 aromatic heterocycles. The molecule has 0 aliphatic rings. The zero-order chi connectivity index (χ0) is 20.8. The minimum Gasteiger partial charge on any atom is -0.493 e. The molecule has 1 heterocycles. The normalized spacial score (nSPS) is 10.2. The molecule has 3 rings (SSSR count). The number of carbonyl (C=O) groups excluding carboxylic acids is 1. The van der Waals surface area contributed by atoms with Gasteiger partial charge in [-0.3, -0.25) is 4.79 Å². The molecule has 7 heteroatoms. The standard InChI is InChI=1S/C22H22N2O5/c1-26-18-11-17(12-19(27-2)21(18)29-4)24-22(25)15-7-5-6-14(10-15)16-8-9-20(28-3)23-13-16/h5-13H,1-4H3,(H,24,25). The van der Waals surface area contributed by atoms with Crippen molar-refractivity contribution >= 4 is 11.6 Å². The van der Waals surface area contributed by atoms with Crippen molar-refractivity contribution in [2.24, 2.45) is 0 Å². The predicted octanol–water partition coefficient (Wildman–Crippen LogP) is 4.04. The topological polar surface area (TPSA) is 78.9 Å². The van der Waals surface area contributed by atoms with Crippen LogP contribution in [0.3, 0.4) is 0 Å². The maximum Gasteiger partial charge on any atom is 0.255 e. The number of hydrogen-bond acceptors (Lipinski definition) is 6. The van der Waals surface area contributed by atoms with E-state index >= 15 is 0 Å². The summed E-state index contributed by atoms with van der Waals surface area (Å²) in [6, 6.07) is 14.3. The second-order valence-electron chi connectivity index (χ2n) is 6.04. The largest absolute Gasteiger partial charge is 0.493 e. The summed E-state index contributed by atoms with van der Waals surface area (Å²) in [6.45, 7) is 0. The molecule has 3 aromatic rings. The van der Waals surface area contributed by atoms with E-state index in [9.17, 15) is 4.79 Å². The maximum absolute atomic E-state index is 12.8. The van der Waals surface area contributed by atoms with Gasteiger partial charge in [0.2, 0.25) is 11.6 Å². The second-order valence-corrected chi connectivity index (χ2v) is 6.04. The predicted molar refractivity (Wildman–Crippen MR) is 110 cm³/mol. The van der Waals surface area contributed by atoms with Crippen LogP contribution in [0, 0.1) is 0 Å². The molecule has 0 saturated heterocycles. The Labute approximate surface area is 169 Å². The van der Waals surface area contributed by atoms with Crippen molar-refractivity contribution in [3.8, 4) is 34.3 Å². The summed E-state index contributed by atoms with van der Waals surface area (Å²) in [5.74, 6) is 1.65. The number of methoxy groups -OCH3 is 4.